The van der Waals surface area contributed by atoms with Crippen molar-refractivity contribution in [3.05, 3.63) is 42.0 Å². The molecule has 0 fully saturated rings. The molecule has 0 amide bonds. The summed E-state index contributed by atoms with van der Waals surface area (Å²) in [7, 11) is 0. The van der Waals surface area contributed by atoms with Gasteiger partial charge >= 0.3 is 0 Å². The summed E-state index contributed by atoms with van der Waals surface area (Å²) in [6, 6.07) is 9.37. The summed E-state index contributed by atoms with van der Waals surface area (Å²) in [6.45, 7) is 1.26. The number of hydrogen-bond acceptors (Lipinski definition) is 2. The lowest BCUT2D eigenvalue weighted by Gasteiger charge is -1.89. The van der Waals surface area contributed by atoms with Crippen LogP contribution in [0.4, 0.5) is 0 Å². The van der Waals surface area contributed by atoms with Crippen LogP contribution in [0.5, 0.6) is 0 Å². The number of carbonyl (C=O) groups is 2. The van der Waals surface area contributed by atoms with Crippen molar-refractivity contribution in [2.24, 2.45) is 0 Å². The molecule has 0 atom stereocenters. The molecule has 0 spiro atoms. The molecular formula is C11H10O2. The molecule has 0 N–H and O–H groups in total. The molecule has 2 nitrogen and oxygen atoms in total. The highest BCUT2D eigenvalue weighted by atomic mass is 16.2. The summed E-state index contributed by atoms with van der Waals surface area (Å²) < 4.78 is 0. The fourth-order valence-electron chi connectivity index (χ4n) is 0.853. The number of rotatable bonds is 3. The number of carbonyl (C=O) groups excluding carboxylic acids is 2. The van der Waals surface area contributed by atoms with Gasteiger partial charge in [-0.05, 0) is 11.6 Å². The van der Waals surface area contributed by atoms with Gasteiger partial charge in [-0.3, -0.25) is 9.59 Å². The average molecular weight is 174 g/mol. The molecule has 2 heteroatoms. The number of ketones is 2. The Morgan fingerprint density at radius 3 is 2.31 bits per heavy atom. The molecule has 0 aliphatic heterocycles. The van der Waals surface area contributed by atoms with Crippen molar-refractivity contribution in [3.63, 3.8) is 0 Å². The summed E-state index contributed by atoms with van der Waals surface area (Å²) in [6.07, 6.45) is 2.92. The van der Waals surface area contributed by atoms with Crippen molar-refractivity contribution in [2.45, 2.75) is 6.92 Å². The van der Waals surface area contributed by atoms with E-state index in [0.717, 1.165) is 5.56 Å². The number of Topliss-reactive ketones (excluding diaryl/α,β-unsaturated/α-hetero) is 1. The fraction of sp³-hybridized carbons (Fsp3) is 0.0909. The van der Waals surface area contributed by atoms with Crippen molar-refractivity contribution in [2.75, 3.05) is 0 Å². The molecule has 0 unspecified atom stereocenters. The second kappa shape index (κ2) is 4.36. The molecule has 0 aliphatic carbocycles. The molecule has 66 valence electrons. The van der Waals surface area contributed by atoms with Gasteiger partial charge in [0.25, 0.3) is 0 Å². The predicted molar refractivity (Wildman–Crippen MR) is 51.2 cm³/mol. The van der Waals surface area contributed by atoms with Crippen LogP contribution in [0.1, 0.15) is 12.5 Å². The summed E-state index contributed by atoms with van der Waals surface area (Å²) in [4.78, 5) is 21.4. The Kier molecular flexibility index (Phi) is 3.15. The van der Waals surface area contributed by atoms with Gasteiger partial charge in [-0.15, -0.1) is 0 Å². The van der Waals surface area contributed by atoms with Crippen LogP contribution < -0.4 is 0 Å². The van der Waals surface area contributed by atoms with Gasteiger partial charge in [0.15, 0.2) is 5.78 Å². The van der Waals surface area contributed by atoms with Gasteiger partial charge in [0.1, 0.15) is 0 Å². The first-order valence-corrected chi connectivity index (χ1v) is 3.98. The maximum Gasteiger partial charge on any atom is 0.221 e. The van der Waals surface area contributed by atoms with Gasteiger partial charge in [-0.25, -0.2) is 0 Å². The lowest BCUT2D eigenvalue weighted by molar-refractivity contribution is -0.132. The van der Waals surface area contributed by atoms with Crippen LogP contribution in [0.2, 0.25) is 0 Å². The van der Waals surface area contributed by atoms with Crippen molar-refractivity contribution >= 4 is 17.6 Å². The normalized spacial score (nSPS) is 10.2. The molecule has 0 heterocycles. The third-order valence-corrected chi connectivity index (χ3v) is 1.57. The molecular weight excluding hydrogens is 164 g/mol. The highest BCUT2D eigenvalue weighted by Crippen LogP contribution is 2.00. The Balaban J connectivity index is 2.70. The predicted octanol–water partition coefficient (Wildman–Crippen LogP) is 1.86. The maximum absolute atomic E-state index is 10.9. The van der Waals surface area contributed by atoms with Crippen LogP contribution in [-0.4, -0.2) is 11.6 Å². The zero-order valence-corrected chi connectivity index (χ0v) is 7.36. The topological polar surface area (TPSA) is 34.1 Å². The highest BCUT2D eigenvalue weighted by molar-refractivity contribution is 6.41. The minimum absolute atomic E-state index is 0.438. The lowest BCUT2D eigenvalue weighted by Crippen LogP contribution is -2.04. The van der Waals surface area contributed by atoms with Crippen LogP contribution in [0.15, 0.2) is 36.4 Å². The molecule has 0 radical (unpaired) electrons. The van der Waals surface area contributed by atoms with E-state index in [1.807, 2.05) is 30.3 Å². The van der Waals surface area contributed by atoms with Crippen LogP contribution in [-0.2, 0) is 9.59 Å². The molecule has 0 aromatic heterocycles. The molecule has 0 bridgehead atoms. The minimum Gasteiger partial charge on any atom is -0.291 e. The molecule has 1 aromatic carbocycles. The monoisotopic (exact) mass is 174 g/mol. The van der Waals surface area contributed by atoms with Crippen molar-refractivity contribution in [3.8, 4) is 0 Å². The molecule has 0 aliphatic rings. The Morgan fingerprint density at radius 2 is 1.77 bits per heavy atom. The third-order valence-electron chi connectivity index (χ3n) is 1.57. The largest absolute Gasteiger partial charge is 0.291 e. The van der Waals surface area contributed by atoms with Crippen molar-refractivity contribution in [1.82, 2.24) is 0 Å². The van der Waals surface area contributed by atoms with Crippen molar-refractivity contribution in [1.29, 1.82) is 0 Å². The summed E-state index contributed by atoms with van der Waals surface area (Å²) in [5.74, 6) is -0.906. The molecule has 0 saturated carbocycles. The Bertz CT molecular complexity index is 336. The standard InChI is InChI=1S/C11H10O2/c1-9(12)11(13)8-7-10-5-3-2-4-6-10/h2-8H,1H3. The number of hydrogen-bond donors (Lipinski definition) is 0. The van der Waals surface area contributed by atoms with Crippen LogP contribution in [0, 0.1) is 0 Å². The summed E-state index contributed by atoms with van der Waals surface area (Å²) in [5.41, 5.74) is 0.914. The average Bonchev–Trinajstić information content (AvgIpc) is 2.15. The summed E-state index contributed by atoms with van der Waals surface area (Å²) >= 11 is 0. The van der Waals surface area contributed by atoms with Gasteiger partial charge in [0.05, 0.1) is 0 Å². The Labute approximate surface area is 76.9 Å². The zero-order valence-electron chi connectivity index (χ0n) is 7.36. The first-order chi connectivity index (χ1) is 6.20. The zero-order chi connectivity index (χ0) is 9.68. The van der Waals surface area contributed by atoms with E-state index in [-0.39, 0.29) is 0 Å². The van der Waals surface area contributed by atoms with Crippen LogP contribution in [0.3, 0.4) is 0 Å². The van der Waals surface area contributed by atoms with Crippen molar-refractivity contribution < 1.29 is 9.59 Å². The van der Waals surface area contributed by atoms with E-state index in [9.17, 15) is 9.59 Å². The van der Waals surface area contributed by atoms with E-state index in [4.69, 9.17) is 0 Å². The second-order valence-corrected chi connectivity index (χ2v) is 2.66. The molecule has 1 aromatic rings. The van der Waals surface area contributed by atoms with Gasteiger partial charge in [-0.1, -0.05) is 36.4 Å². The van der Waals surface area contributed by atoms with Gasteiger partial charge < -0.3 is 0 Å². The van der Waals surface area contributed by atoms with E-state index in [1.165, 1.54) is 13.0 Å². The molecule has 0 saturated heterocycles. The SMILES string of the molecule is CC(=O)C(=O)C=Cc1ccccc1. The lowest BCUT2D eigenvalue weighted by atomic mass is 10.2. The van der Waals surface area contributed by atoms with E-state index >= 15 is 0 Å². The second-order valence-electron chi connectivity index (χ2n) is 2.66. The fourth-order valence-corrected chi connectivity index (χ4v) is 0.853. The van der Waals surface area contributed by atoms with Gasteiger partial charge in [0, 0.05) is 6.92 Å². The van der Waals surface area contributed by atoms with E-state index < -0.39 is 11.6 Å². The third kappa shape index (κ3) is 3.03. The maximum atomic E-state index is 10.9. The van der Waals surface area contributed by atoms with Gasteiger partial charge in [0.2, 0.25) is 5.78 Å². The van der Waals surface area contributed by atoms with Gasteiger partial charge in [-0.2, -0.15) is 0 Å². The van der Waals surface area contributed by atoms with E-state index in [2.05, 4.69) is 0 Å². The van der Waals surface area contributed by atoms with E-state index in [1.54, 1.807) is 6.08 Å². The first-order valence-electron chi connectivity index (χ1n) is 3.98. The number of allylic oxidation sites excluding steroid dienone is 1. The molecule has 13 heavy (non-hydrogen) atoms. The van der Waals surface area contributed by atoms with Crippen LogP contribution in [0.25, 0.3) is 6.08 Å². The Hall–Kier alpha value is -1.70. The quantitative estimate of drug-likeness (QED) is 0.517. The highest BCUT2D eigenvalue weighted by Gasteiger charge is 2.00. The van der Waals surface area contributed by atoms with Crippen LogP contribution >= 0.6 is 0 Å². The number of benzene rings is 1. The molecule has 1 rings (SSSR count). The minimum atomic E-state index is -0.469. The summed E-state index contributed by atoms with van der Waals surface area (Å²) in [5, 5.41) is 0. The smallest absolute Gasteiger partial charge is 0.221 e. The Morgan fingerprint density at radius 1 is 1.15 bits per heavy atom. The van der Waals surface area contributed by atoms with E-state index in [0.29, 0.717) is 0 Å². The first kappa shape index (κ1) is 9.39.